The Bertz CT molecular complexity index is 1620. The van der Waals surface area contributed by atoms with Crippen molar-refractivity contribution in [3.8, 4) is 0 Å². The van der Waals surface area contributed by atoms with Crippen LogP contribution in [-0.4, -0.2) is 37.2 Å². The Morgan fingerprint density at radius 2 is 0.494 bits per heavy atom. The zero-order chi connectivity index (χ0) is 58.5. The Morgan fingerprint density at radius 3 is 0.790 bits per heavy atom. The van der Waals surface area contributed by atoms with Gasteiger partial charge in [-0.2, -0.15) is 0 Å². The van der Waals surface area contributed by atoms with Gasteiger partial charge in [-0.05, 0) is 96.3 Å². The molecule has 6 heteroatoms. The van der Waals surface area contributed by atoms with Gasteiger partial charge in [-0.1, -0.05) is 323 Å². The largest absolute Gasteiger partial charge is 0.462 e. The number of esters is 3. The monoisotopic (exact) mass is 1120 g/mol. The van der Waals surface area contributed by atoms with Crippen molar-refractivity contribution in [1.29, 1.82) is 0 Å². The summed E-state index contributed by atoms with van der Waals surface area (Å²) in [6.45, 7) is 6.40. The molecule has 0 aliphatic carbocycles. The Kier molecular flexibility index (Phi) is 65.2. The van der Waals surface area contributed by atoms with Crippen molar-refractivity contribution in [2.75, 3.05) is 13.2 Å². The smallest absolute Gasteiger partial charge is 0.306 e. The molecule has 0 aromatic heterocycles. The molecule has 0 spiro atoms. The topological polar surface area (TPSA) is 78.9 Å². The molecule has 0 aliphatic rings. The van der Waals surface area contributed by atoms with Crippen molar-refractivity contribution in [2.45, 2.75) is 335 Å². The highest BCUT2D eigenvalue weighted by molar-refractivity contribution is 5.71. The van der Waals surface area contributed by atoms with E-state index in [1.807, 2.05) is 0 Å². The maximum Gasteiger partial charge on any atom is 0.306 e. The second-order valence-corrected chi connectivity index (χ2v) is 22.7. The number of carbonyl (C=O) groups excluding carboxylic acids is 3. The molecule has 0 radical (unpaired) electrons. The Morgan fingerprint density at radius 1 is 0.259 bits per heavy atom. The molecule has 0 saturated carbocycles. The summed E-state index contributed by atoms with van der Waals surface area (Å²) in [5.74, 6) is -0.941. The highest BCUT2D eigenvalue weighted by Gasteiger charge is 2.19. The van der Waals surface area contributed by atoms with Gasteiger partial charge in [0.25, 0.3) is 0 Å². The number of allylic oxidation sites excluding steroid dienone is 18. The van der Waals surface area contributed by atoms with E-state index in [0.29, 0.717) is 19.3 Å². The van der Waals surface area contributed by atoms with E-state index in [1.54, 1.807) is 0 Å². The van der Waals surface area contributed by atoms with Gasteiger partial charge in [0.1, 0.15) is 13.2 Å². The number of ether oxygens (including phenoxy) is 3. The van der Waals surface area contributed by atoms with Crippen LogP contribution in [0.3, 0.4) is 0 Å². The molecule has 1 unspecified atom stereocenters. The van der Waals surface area contributed by atoms with Gasteiger partial charge < -0.3 is 14.2 Å². The molecule has 0 N–H and O–H groups in total. The average Bonchev–Trinajstić information content (AvgIpc) is 3.46. The zero-order valence-electron chi connectivity index (χ0n) is 53.3. The normalized spacial score (nSPS) is 12.8. The van der Waals surface area contributed by atoms with Crippen LogP contribution in [0, 0.1) is 0 Å². The molecular weight excluding hydrogens is 997 g/mol. The SMILES string of the molecule is CC/C=C\C/C=C\C/C=C\C/C=C\C/C=C\CCCC(=O)OC(COC(=O)CCCCCCCCCCCCCCC)COC(=O)CCCCCCCCCCCCCCCCCCCCCC/C=C\C/C=C\C/C=C\C/C=C\CC. The Balaban J connectivity index is 4.20. The van der Waals surface area contributed by atoms with Crippen LogP contribution >= 0.6 is 0 Å². The number of hydrogen-bond donors (Lipinski definition) is 0. The van der Waals surface area contributed by atoms with E-state index in [0.717, 1.165) is 103 Å². The summed E-state index contributed by atoms with van der Waals surface area (Å²) in [6.07, 6.45) is 94.2. The van der Waals surface area contributed by atoms with Gasteiger partial charge in [-0.15, -0.1) is 0 Å². The lowest BCUT2D eigenvalue weighted by molar-refractivity contribution is -0.167. The van der Waals surface area contributed by atoms with Crippen LogP contribution in [0.15, 0.2) is 109 Å². The molecule has 0 amide bonds. The molecular formula is C75H128O6. The first-order chi connectivity index (χ1) is 40.0. The molecule has 0 heterocycles. The maximum atomic E-state index is 12.9. The van der Waals surface area contributed by atoms with Crippen molar-refractivity contribution >= 4 is 17.9 Å². The van der Waals surface area contributed by atoms with Crippen LogP contribution in [0.25, 0.3) is 0 Å². The van der Waals surface area contributed by atoms with Crippen LogP contribution in [0.2, 0.25) is 0 Å². The van der Waals surface area contributed by atoms with Gasteiger partial charge >= 0.3 is 17.9 Å². The quantitative estimate of drug-likeness (QED) is 0.0261. The molecule has 0 bridgehead atoms. The van der Waals surface area contributed by atoms with Gasteiger partial charge in [-0.3, -0.25) is 14.4 Å². The standard InChI is InChI=1S/C75H128O6/c1-4-7-10-13-16-19-22-25-27-29-30-31-32-33-34-35-36-37-38-39-40-41-42-43-44-46-47-50-53-56-59-62-65-68-74(77)80-71-72(70-79-73(76)67-64-61-58-55-52-49-24-21-18-15-12-9-6-3)81-75(78)69-66-63-60-57-54-51-48-45-28-26-23-20-17-14-11-8-5-2/h7-8,10-11,16-17,19-20,25-28,30-31,48,51,57,60,72H,4-6,9,12-15,18,21-24,29,32-47,49-50,52-56,58-59,61-71H2,1-3H3/b10-7-,11-8-,19-16-,20-17-,27-25-,28-26-,31-30-,51-48-,60-57-. The predicted molar refractivity (Wildman–Crippen MR) is 353 cm³/mol. The summed E-state index contributed by atoms with van der Waals surface area (Å²) in [5, 5.41) is 0. The first-order valence-corrected chi connectivity index (χ1v) is 34.4. The number of unbranched alkanes of at least 4 members (excludes halogenated alkanes) is 33. The highest BCUT2D eigenvalue weighted by Crippen LogP contribution is 2.17. The molecule has 0 aromatic rings. The average molecular weight is 1130 g/mol. The summed E-state index contributed by atoms with van der Waals surface area (Å²) in [5.41, 5.74) is 0. The molecule has 6 nitrogen and oxygen atoms in total. The second kappa shape index (κ2) is 68.6. The molecule has 0 fully saturated rings. The van der Waals surface area contributed by atoms with Crippen molar-refractivity contribution in [2.24, 2.45) is 0 Å². The third-order valence-corrected chi connectivity index (χ3v) is 14.8. The molecule has 0 saturated heterocycles. The summed E-state index contributed by atoms with van der Waals surface area (Å²) < 4.78 is 16.9. The van der Waals surface area contributed by atoms with Crippen LogP contribution in [0.5, 0.6) is 0 Å². The Labute approximate surface area is 501 Å². The molecule has 464 valence electrons. The molecule has 1 atom stereocenters. The fraction of sp³-hybridized carbons (Fsp3) is 0.720. The van der Waals surface area contributed by atoms with E-state index in [4.69, 9.17) is 14.2 Å². The predicted octanol–water partition coefficient (Wildman–Crippen LogP) is 23.8. The Hall–Kier alpha value is -3.93. The second-order valence-electron chi connectivity index (χ2n) is 22.7. The minimum Gasteiger partial charge on any atom is -0.462 e. The first kappa shape index (κ1) is 77.1. The van der Waals surface area contributed by atoms with Crippen LogP contribution < -0.4 is 0 Å². The molecule has 81 heavy (non-hydrogen) atoms. The van der Waals surface area contributed by atoms with Crippen molar-refractivity contribution in [1.82, 2.24) is 0 Å². The van der Waals surface area contributed by atoms with Crippen LogP contribution in [0.4, 0.5) is 0 Å². The van der Waals surface area contributed by atoms with Gasteiger partial charge in [0, 0.05) is 19.3 Å². The highest BCUT2D eigenvalue weighted by atomic mass is 16.6. The summed E-state index contributed by atoms with van der Waals surface area (Å²) in [6, 6.07) is 0. The van der Waals surface area contributed by atoms with E-state index < -0.39 is 6.10 Å². The van der Waals surface area contributed by atoms with Gasteiger partial charge in [0.15, 0.2) is 6.10 Å². The van der Waals surface area contributed by atoms with Crippen LogP contribution in [-0.2, 0) is 28.6 Å². The van der Waals surface area contributed by atoms with Crippen LogP contribution in [0.1, 0.15) is 329 Å². The van der Waals surface area contributed by atoms with Crippen molar-refractivity contribution in [3.63, 3.8) is 0 Å². The number of carbonyl (C=O) groups is 3. The minimum atomic E-state index is -0.806. The number of hydrogen-bond acceptors (Lipinski definition) is 6. The van der Waals surface area contributed by atoms with E-state index in [9.17, 15) is 14.4 Å². The van der Waals surface area contributed by atoms with Crippen molar-refractivity contribution in [3.05, 3.63) is 109 Å². The minimum absolute atomic E-state index is 0.0963. The first-order valence-electron chi connectivity index (χ1n) is 34.4. The van der Waals surface area contributed by atoms with E-state index in [-0.39, 0.29) is 37.5 Å². The fourth-order valence-corrected chi connectivity index (χ4v) is 9.71. The van der Waals surface area contributed by atoms with Gasteiger partial charge in [0.2, 0.25) is 0 Å². The van der Waals surface area contributed by atoms with E-state index in [2.05, 4.69) is 130 Å². The molecule has 0 rings (SSSR count). The van der Waals surface area contributed by atoms with Gasteiger partial charge in [0.05, 0.1) is 0 Å². The lowest BCUT2D eigenvalue weighted by Gasteiger charge is -2.18. The summed E-state index contributed by atoms with van der Waals surface area (Å²) in [7, 11) is 0. The van der Waals surface area contributed by atoms with Crippen molar-refractivity contribution < 1.29 is 28.6 Å². The maximum absolute atomic E-state index is 12.9. The lowest BCUT2D eigenvalue weighted by atomic mass is 10.0. The van der Waals surface area contributed by atoms with Gasteiger partial charge in [-0.25, -0.2) is 0 Å². The fourth-order valence-electron chi connectivity index (χ4n) is 9.71. The zero-order valence-corrected chi connectivity index (χ0v) is 53.3. The summed E-state index contributed by atoms with van der Waals surface area (Å²) in [4.78, 5) is 38.3. The molecule has 0 aromatic carbocycles. The lowest BCUT2D eigenvalue weighted by Crippen LogP contribution is -2.30. The summed E-state index contributed by atoms with van der Waals surface area (Å²) >= 11 is 0. The molecule has 0 aliphatic heterocycles. The third kappa shape index (κ3) is 66.8. The van der Waals surface area contributed by atoms with E-state index in [1.165, 1.54) is 180 Å². The van der Waals surface area contributed by atoms with E-state index >= 15 is 0 Å². The third-order valence-electron chi connectivity index (χ3n) is 14.8. The number of rotatable bonds is 62.